The van der Waals surface area contributed by atoms with Crippen LogP contribution in [0.2, 0.25) is 0 Å². The van der Waals surface area contributed by atoms with Gasteiger partial charge in [0.1, 0.15) is 17.8 Å². The van der Waals surface area contributed by atoms with E-state index in [2.05, 4.69) is 9.97 Å². The number of hydrogen-bond donors (Lipinski definition) is 1. The minimum absolute atomic E-state index is 0.0144. The van der Waals surface area contributed by atoms with Crippen LogP contribution in [0.5, 0.6) is 11.6 Å². The van der Waals surface area contributed by atoms with E-state index in [9.17, 15) is 8.78 Å². The quantitative estimate of drug-likeness (QED) is 0.847. The van der Waals surface area contributed by atoms with E-state index in [1.807, 2.05) is 0 Å². The van der Waals surface area contributed by atoms with Crippen LogP contribution in [0.25, 0.3) is 0 Å². The highest BCUT2D eigenvalue weighted by atomic mass is 19.1. The Hall–Kier alpha value is -2.24. The third-order valence-corrected chi connectivity index (χ3v) is 1.80. The van der Waals surface area contributed by atoms with Gasteiger partial charge in [-0.25, -0.2) is 13.8 Å². The van der Waals surface area contributed by atoms with E-state index in [0.717, 1.165) is 18.2 Å². The molecule has 2 aromatic rings. The molecule has 0 fully saturated rings. The lowest BCUT2D eigenvalue weighted by Crippen LogP contribution is -1.97. The minimum Gasteiger partial charge on any atom is -0.434 e. The fourth-order valence-electron chi connectivity index (χ4n) is 1.07. The summed E-state index contributed by atoms with van der Waals surface area (Å²) in [6.07, 6.45) is 2.50. The zero-order chi connectivity index (χ0) is 11.5. The van der Waals surface area contributed by atoms with E-state index in [-0.39, 0.29) is 17.3 Å². The molecule has 2 rings (SSSR count). The molecule has 0 saturated carbocycles. The molecule has 0 aliphatic rings. The molecule has 0 amide bonds. The van der Waals surface area contributed by atoms with Gasteiger partial charge in [-0.15, -0.1) is 0 Å². The third-order valence-electron chi connectivity index (χ3n) is 1.80. The Balaban J connectivity index is 2.34. The van der Waals surface area contributed by atoms with E-state index >= 15 is 0 Å². The SMILES string of the molecule is Nc1cncnc1Oc1cc(F)ccc1F. The summed E-state index contributed by atoms with van der Waals surface area (Å²) in [4.78, 5) is 7.34. The number of nitrogen functional groups attached to an aromatic ring is 1. The van der Waals surface area contributed by atoms with Crippen molar-refractivity contribution in [2.75, 3.05) is 5.73 Å². The summed E-state index contributed by atoms with van der Waals surface area (Å²) in [5.74, 6) is -1.59. The van der Waals surface area contributed by atoms with Gasteiger partial charge in [0.05, 0.1) is 6.20 Å². The highest BCUT2D eigenvalue weighted by Crippen LogP contribution is 2.26. The van der Waals surface area contributed by atoms with Gasteiger partial charge in [0.25, 0.3) is 0 Å². The summed E-state index contributed by atoms with van der Waals surface area (Å²) in [6, 6.07) is 2.87. The molecule has 4 nitrogen and oxygen atoms in total. The number of rotatable bonds is 2. The first-order valence-corrected chi connectivity index (χ1v) is 4.35. The molecule has 0 atom stereocenters. The number of benzene rings is 1. The average molecular weight is 223 g/mol. The van der Waals surface area contributed by atoms with Crippen molar-refractivity contribution in [3.05, 3.63) is 42.4 Å². The molecule has 6 heteroatoms. The van der Waals surface area contributed by atoms with E-state index < -0.39 is 11.6 Å². The lowest BCUT2D eigenvalue weighted by atomic mass is 10.3. The Morgan fingerprint density at radius 2 is 2.06 bits per heavy atom. The van der Waals surface area contributed by atoms with Gasteiger partial charge in [0, 0.05) is 6.07 Å². The molecule has 1 heterocycles. The predicted molar refractivity (Wildman–Crippen MR) is 52.9 cm³/mol. The number of halogens is 2. The number of nitrogens with zero attached hydrogens (tertiary/aromatic N) is 2. The molecule has 82 valence electrons. The molecule has 16 heavy (non-hydrogen) atoms. The molecule has 0 aliphatic heterocycles. The smallest absolute Gasteiger partial charge is 0.245 e. The fourth-order valence-corrected chi connectivity index (χ4v) is 1.07. The molecule has 0 spiro atoms. The van der Waals surface area contributed by atoms with Gasteiger partial charge in [-0.2, -0.15) is 4.98 Å². The fraction of sp³-hybridized carbons (Fsp3) is 0. The first-order chi connectivity index (χ1) is 7.66. The summed E-state index contributed by atoms with van der Waals surface area (Å²) in [6.45, 7) is 0. The summed E-state index contributed by atoms with van der Waals surface area (Å²) in [5, 5.41) is 0. The number of hydrogen-bond acceptors (Lipinski definition) is 4. The second-order valence-electron chi connectivity index (χ2n) is 2.96. The van der Waals surface area contributed by atoms with Crippen LogP contribution in [-0.4, -0.2) is 9.97 Å². The van der Waals surface area contributed by atoms with Gasteiger partial charge < -0.3 is 10.5 Å². The van der Waals surface area contributed by atoms with Crippen molar-refractivity contribution in [3.63, 3.8) is 0 Å². The molecular weight excluding hydrogens is 216 g/mol. The largest absolute Gasteiger partial charge is 0.434 e. The first kappa shape index (κ1) is 10.3. The molecule has 1 aromatic carbocycles. The lowest BCUT2D eigenvalue weighted by molar-refractivity contribution is 0.423. The normalized spacial score (nSPS) is 10.1. The van der Waals surface area contributed by atoms with Gasteiger partial charge in [-0.1, -0.05) is 0 Å². The van der Waals surface area contributed by atoms with Crippen molar-refractivity contribution >= 4 is 5.69 Å². The molecule has 0 saturated heterocycles. The number of ether oxygens (including phenoxy) is 1. The summed E-state index contributed by atoms with van der Waals surface area (Å²) in [7, 11) is 0. The average Bonchev–Trinajstić information content (AvgIpc) is 2.27. The van der Waals surface area contributed by atoms with Gasteiger partial charge in [0.2, 0.25) is 5.88 Å². The van der Waals surface area contributed by atoms with Crippen molar-refractivity contribution < 1.29 is 13.5 Å². The van der Waals surface area contributed by atoms with E-state index in [0.29, 0.717) is 0 Å². The van der Waals surface area contributed by atoms with Crippen LogP contribution in [0.15, 0.2) is 30.7 Å². The monoisotopic (exact) mass is 223 g/mol. The van der Waals surface area contributed by atoms with Gasteiger partial charge >= 0.3 is 0 Å². The van der Waals surface area contributed by atoms with Crippen molar-refractivity contribution in [3.8, 4) is 11.6 Å². The standard InChI is InChI=1S/C10H7F2N3O/c11-6-1-2-7(12)9(3-6)16-10-8(13)4-14-5-15-10/h1-5H,13H2. The zero-order valence-electron chi connectivity index (χ0n) is 8.02. The van der Waals surface area contributed by atoms with Crippen LogP contribution in [0.3, 0.4) is 0 Å². The maximum atomic E-state index is 13.2. The Morgan fingerprint density at radius 1 is 1.25 bits per heavy atom. The van der Waals surface area contributed by atoms with Gasteiger partial charge in [-0.05, 0) is 12.1 Å². The summed E-state index contributed by atoms with van der Waals surface area (Å²) >= 11 is 0. The Bertz CT molecular complexity index is 519. The Kier molecular flexibility index (Phi) is 2.63. The van der Waals surface area contributed by atoms with E-state index in [1.54, 1.807) is 0 Å². The third kappa shape index (κ3) is 2.05. The summed E-state index contributed by atoms with van der Waals surface area (Å²) in [5.41, 5.74) is 5.63. The molecule has 0 aliphatic carbocycles. The Labute approximate surface area is 89.7 Å². The van der Waals surface area contributed by atoms with Crippen molar-refractivity contribution in [1.82, 2.24) is 9.97 Å². The number of nitrogens with two attached hydrogens (primary N) is 1. The van der Waals surface area contributed by atoms with Crippen LogP contribution in [-0.2, 0) is 0 Å². The van der Waals surface area contributed by atoms with E-state index in [1.165, 1.54) is 12.5 Å². The maximum Gasteiger partial charge on any atom is 0.245 e. The molecule has 1 aromatic heterocycles. The Morgan fingerprint density at radius 3 is 2.81 bits per heavy atom. The zero-order valence-corrected chi connectivity index (χ0v) is 8.02. The van der Waals surface area contributed by atoms with Crippen molar-refractivity contribution in [2.24, 2.45) is 0 Å². The van der Waals surface area contributed by atoms with Crippen LogP contribution < -0.4 is 10.5 Å². The van der Waals surface area contributed by atoms with E-state index in [4.69, 9.17) is 10.5 Å². The second-order valence-corrected chi connectivity index (χ2v) is 2.96. The number of anilines is 1. The molecule has 0 radical (unpaired) electrons. The maximum absolute atomic E-state index is 13.2. The molecule has 0 bridgehead atoms. The second kappa shape index (κ2) is 4.09. The highest BCUT2D eigenvalue weighted by molar-refractivity contribution is 5.47. The minimum atomic E-state index is -0.695. The number of aromatic nitrogens is 2. The summed E-state index contributed by atoms with van der Waals surface area (Å²) < 4.78 is 31.1. The first-order valence-electron chi connectivity index (χ1n) is 4.35. The van der Waals surface area contributed by atoms with Crippen molar-refractivity contribution in [1.29, 1.82) is 0 Å². The van der Waals surface area contributed by atoms with Gasteiger partial charge in [0.15, 0.2) is 11.6 Å². The topological polar surface area (TPSA) is 61.0 Å². The molecular formula is C10H7F2N3O. The predicted octanol–water partition coefficient (Wildman–Crippen LogP) is 2.13. The van der Waals surface area contributed by atoms with Crippen LogP contribution in [0.4, 0.5) is 14.5 Å². The lowest BCUT2D eigenvalue weighted by Gasteiger charge is -2.06. The van der Waals surface area contributed by atoms with Crippen LogP contribution >= 0.6 is 0 Å². The van der Waals surface area contributed by atoms with Gasteiger partial charge in [-0.3, -0.25) is 0 Å². The van der Waals surface area contributed by atoms with Crippen LogP contribution in [0.1, 0.15) is 0 Å². The molecule has 2 N–H and O–H groups in total. The van der Waals surface area contributed by atoms with Crippen LogP contribution in [0, 0.1) is 11.6 Å². The highest BCUT2D eigenvalue weighted by Gasteiger charge is 2.09. The molecule has 0 unspecified atom stereocenters. The van der Waals surface area contributed by atoms with Crippen molar-refractivity contribution in [2.45, 2.75) is 0 Å².